The topological polar surface area (TPSA) is 40.9 Å². The Balaban J connectivity index is 3.19. The second kappa shape index (κ2) is 3.21. The lowest BCUT2D eigenvalue weighted by Crippen LogP contribution is -2.09. The lowest BCUT2D eigenvalue weighted by molar-refractivity contribution is -0.111. The van der Waals surface area contributed by atoms with Crippen LogP contribution in [0.5, 0.6) is 0 Å². The average Bonchev–Trinajstić information content (AvgIpc) is 1.97. The van der Waals surface area contributed by atoms with E-state index in [1.54, 1.807) is 0 Å². The Morgan fingerprint density at radius 2 is 1.91 bits per heavy atom. The van der Waals surface area contributed by atoms with Crippen LogP contribution in [-0.4, -0.2) is 11.5 Å². The van der Waals surface area contributed by atoms with Gasteiger partial charge in [0.15, 0.2) is 0 Å². The fraction of sp³-hybridized carbons (Fsp3) is 0. The number of carbonyl (C=O) groups is 1. The van der Waals surface area contributed by atoms with Crippen LogP contribution in [0.15, 0.2) is 20.1 Å². The third-order valence-corrected chi connectivity index (χ3v) is 3.51. The molecule has 0 aromatic heterocycles. The van der Waals surface area contributed by atoms with Gasteiger partial charge in [-0.05, 0) is 37.9 Å². The van der Waals surface area contributed by atoms with Gasteiger partial charge in [0.1, 0.15) is 0 Å². The molecule has 0 saturated carbocycles. The van der Waals surface area contributed by atoms with Gasteiger partial charge in [-0.2, -0.15) is 0 Å². The van der Waals surface area contributed by atoms with E-state index in [1.807, 2.05) is 0 Å². The number of hydrogen-bond donors (Lipinski definition) is 1. The Bertz CT molecular complexity index is 306. The van der Waals surface area contributed by atoms with Gasteiger partial charge < -0.3 is 0 Å². The first-order valence-electron chi connectivity index (χ1n) is 2.60. The van der Waals surface area contributed by atoms with Crippen LogP contribution in [0.4, 0.5) is 0 Å². The van der Waals surface area contributed by atoms with Crippen molar-refractivity contribution in [1.82, 2.24) is 0 Å². The van der Waals surface area contributed by atoms with Crippen molar-refractivity contribution in [2.45, 2.75) is 0 Å². The lowest BCUT2D eigenvalue weighted by Gasteiger charge is -2.07. The average molecular weight is 299 g/mol. The summed E-state index contributed by atoms with van der Waals surface area (Å²) in [4.78, 5) is 11.0. The summed E-state index contributed by atoms with van der Waals surface area (Å²) in [5.41, 5.74) is 0.196. The molecular formula is C6H2Br2ClNO. The van der Waals surface area contributed by atoms with Gasteiger partial charge in [-0.3, -0.25) is 10.2 Å². The summed E-state index contributed by atoms with van der Waals surface area (Å²) in [6, 6.07) is 0. The summed E-state index contributed by atoms with van der Waals surface area (Å²) in [6.45, 7) is 0. The summed E-state index contributed by atoms with van der Waals surface area (Å²) in [5, 5.41) is 7.36. The maximum Gasteiger partial charge on any atom is 0.212 e. The molecule has 1 aliphatic carbocycles. The first-order chi connectivity index (χ1) is 5.04. The minimum Gasteiger partial charge on any atom is -0.300 e. The highest BCUT2D eigenvalue weighted by Gasteiger charge is 2.21. The van der Waals surface area contributed by atoms with E-state index in [1.165, 1.54) is 6.08 Å². The van der Waals surface area contributed by atoms with Crippen LogP contribution in [0, 0.1) is 5.41 Å². The van der Waals surface area contributed by atoms with E-state index in [0.717, 1.165) is 0 Å². The standard InChI is InChI=1S/C6H2Br2ClNO/c7-4-3(10)1-2(9)6(11)5(4)8/h1,10H. The monoisotopic (exact) mass is 297 g/mol. The molecule has 5 heteroatoms. The summed E-state index contributed by atoms with van der Waals surface area (Å²) < 4.78 is 0.738. The fourth-order valence-electron chi connectivity index (χ4n) is 0.578. The molecule has 0 spiro atoms. The third-order valence-electron chi connectivity index (χ3n) is 1.12. The normalized spacial score (nSPS) is 19.0. The highest BCUT2D eigenvalue weighted by atomic mass is 79.9. The summed E-state index contributed by atoms with van der Waals surface area (Å²) in [7, 11) is 0. The smallest absolute Gasteiger partial charge is 0.212 e. The minimum absolute atomic E-state index is 0.0603. The van der Waals surface area contributed by atoms with E-state index >= 15 is 0 Å². The quantitative estimate of drug-likeness (QED) is 0.687. The predicted molar refractivity (Wildman–Crippen MR) is 51.5 cm³/mol. The number of rotatable bonds is 0. The van der Waals surface area contributed by atoms with Gasteiger partial charge in [0.25, 0.3) is 0 Å². The van der Waals surface area contributed by atoms with E-state index in [9.17, 15) is 4.79 Å². The number of allylic oxidation sites excluding steroid dienone is 4. The minimum atomic E-state index is -0.297. The maximum atomic E-state index is 11.0. The molecule has 0 unspecified atom stereocenters. The van der Waals surface area contributed by atoms with Crippen LogP contribution in [0.25, 0.3) is 0 Å². The van der Waals surface area contributed by atoms with Crippen molar-refractivity contribution < 1.29 is 4.79 Å². The molecule has 0 saturated heterocycles. The number of Topliss-reactive ketones (excluding diaryl/α,β-unsaturated/α-hetero) is 1. The van der Waals surface area contributed by atoms with Crippen LogP contribution in [-0.2, 0) is 4.79 Å². The van der Waals surface area contributed by atoms with E-state index in [0.29, 0.717) is 8.96 Å². The van der Waals surface area contributed by atoms with Crippen molar-refractivity contribution in [3.8, 4) is 0 Å². The number of carbonyl (C=O) groups excluding carboxylic acids is 1. The molecule has 0 bridgehead atoms. The van der Waals surface area contributed by atoms with Gasteiger partial charge in [0.2, 0.25) is 5.78 Å². The van der Waals surface area contributed by atoms with Crippen LogP contribution in [0.1, 0.15) is 0 Å². The molecule has 0 radical (unpaired) electrons. The van der Waals surface area contributed by atoms with E-state index in [4.69, 9.17) is 17.0 Å². The van der Waals surface area contributed by atoms with Crippen LogP contribution >= 0.6 is 43.5 Å². The van der Waals surface area contributed by atoms with E-state index in [2.05, 4.69) is 31.9 Å². The Morgan fingerprint density at radius 3 is 2.45 bits per heavy atom. The molecule has 2 nitrogen and oxygen atoms in total. The fourth-order valence-corrected chi connectivity index (χ4v) is 1.62. The predicted octanol–water partition coefficient (Wildman–Crippen LogP) is 2.71. The zero-order chi connectivity index (χ0) is 8.59. The highest BCUT2D eigenvalue weighted by Crippen LogP contribution is 2.29. The van der Waals surface area contributed by atoms with Crippen molar-refractivity contribution in [2.75, 3.05) is 0 Å². The summed E-state index contributed by atoms with van der Waals surface area (Å²) in [6.07, 6.45) is 1.30. The zero-order valence-corrected chi connectivity index (χ0v) is 9.05. The Morgan fingerprint density at radius 1 is 1.36 bits per heavy atom. The van der Waals surface area contributed by atoms with Crippen LogP contribution < -0.4 is 0 Å². The van der Waals surface area contributed by atoms with E-state index in [-0.39, 0.29) is 16.5 Å². The molecule has 0 amide bonds. The molecule has 1 aliphatic rings. The molecule has 58 valence electrons. The number of nitrogens with one attached hydrogen (secondary N) is 1. The van der Waals surface area contributed by atoms with Crippen molar-refractivity contribution in [3.63, 3.8) is 0 Å². The first kappa shape index (κ1) is 9.16. The molecule has 1 N–H and O–H groups in total. The van der Waals surface area contributed by atoms with Crippen molar-refractivity contribution in [1.29, 1.82) is 5.41 Å². The van der Waals surface area contributed by atoms with Crippen LogP contribution in [0.3, 0.4) is 0 Å². The van der Waals surface area contributed by atoms with Gasteiger partial charge in [0, 0.05) is 0 Å². The molecule has 0 atom stereocenters. The molecule has 0 aromatic rings. The second-order valence-electron chi connectivity index (χ2n) is 1.86. The molecule has 0 fully saturated rings. The third kappa shape index (κ3) is 1.63. The van der Waals surface area contributed by atoms with E-state index < -0.39 is 0 Å². The van der Waals surface area contributed by atoms with Crippen molar-refractivity contribution >= 4 is 55.0 Å². The van der Waals surface area contributed by atoms with Crippen molar-refractivity contribution in [2.24, 2.45) is 0 Å². The Kier molecular flexibility index (Phi) is 2.67. The van der Waals surface area contributed by atoms with Crippen LogP contribution in [0.2, 0.25) is 0 Å². The maximum absolute atomic E-state index is 11.0. The van der Waals surface area contributed by atoms with Gasteiger partial charge >= 0.3 is 0 Å². The molecule has 0 aliphatic heterocycles. The SMILES string of the molecule is N=C1C=C(Cl)C(=O)C(Br)=C1Br. The Labute approximate surface area is 85.1 Å². The molecule has 1 rings (SSSR count). The number of ketones is 1. The van der Waals surface area contributed by atoms with Gasteiger partial charge in [-0.1, -0.05) is 11.6 Å². The largest absolute Gasteiger partial charge is 0.300 e. The Hall–Kier alpha value is 0.0700. The highest BCUT2D eigenvalue weighted by molar-refractivity contribution is 9.14. The molecule has 0 heterocycles. The van der Waals surface area contributed by atoms with Gasteiger partial charge in [-0.15, -0.1) is 0 Å². The van der Waals surface area contributed by atoms with Crippen molar-refractivity contribution in [3.05, 3.63) is 20.1 Å². The van der Waals surface area contributed by atoms with Gasteiger partial charge in [-0.25, -0.2) is 0 Å². The lowest BCUT2D eigenvalue weighted by atomic mass is 10.1. The van der Waals surface area contributed by atoms with Gasteiger partial charge in [0.05, 0.1) is 19.7 Å². The zero-order valence-electron chi connectivity index (χ0n) is 5.12. The molecule has 11 heavy (non-hydrogen) atoms. The molecular weight excluding hydrogens is 297 g/mol. The number of halogens is 3. The summed E-state index contributed by atoms with van der Waals surface area (Å²) >= 11 is 11.6. The second-order valence-corrected chi connectivity index (χ2v) is 3.86. The number of hydrogen-bond acceptors (Lipinski definition) is 2. The summed E-state index contributed by atoms with van der Waals surface area (Å²) in [5.74, 6) is -0.297. The molecule has 0 aromatic carbocycles. The first-order valence-corrected chi connectivity index (χ1v) is 4.56.